The first kappa shape index (κ1) is 15.8. The molecule has 0 aliphatic carbocycles. The normalized spacial score (nSPS) is 11.9. The number of carboxylic acid groups (broad SMARTS) is 1. The summed E-state index contributed by atoms with van der Waals surface area (Å²) in [6, 6.07) is 8.22. The maximum Gasteiger partial charge on any atom is 0.326 e. The molecule has 116 valence electrons. The van der Waals surface area contributed by atoms with Crippen molar-refractivity contribution in [2.75, 3.05) is 0 Å². The number of aliphatic carboxylic acids is 1. The standard InChI is InChI=1S/C16H18N2O4/c1-10-13(11(2)22-18-10)9-15(19)17-14(16(20)21)8-12-6-4-3-5-7-12/h3-7,14H,8-9H2,1-2H3,(H,17,19)(H,20,21)/t14-/m0/s1. The fourth-order valence-electron chi connectivity index (χ4n) is 2.21. The second kappa shape index (κ2) is 6.89. The van der Waals surface area contributed by atoms with Crippen LogP contribution in [0.3, 0.4) is 0 Å². The van der Waals surface area contributed by atoms with Crippen LogP contribution >= 0.6 is 0 Å². The summed E-state index contributed by atoms with van der Waals surface area (Å²) >= 11 is 0. The minimum absolute atomic E-state index is 0.0553. The molecular formula is C16H18N2O4. The number of carbonyl (C=O) groups is 2. The molecule has 1 atom stereocenters. The third kappa shape index (κ3) is 3.94. The zero-order valence-corrected chi connectivity index (χ0v) is 12.5. The molecule has 2 aromatic rings. The molecule has 0 aliphatic rings. The van der Waals surface area contributed by atoms with Crippen LogP contribution < -0.4 is 5.32 Å². The van der Waals surface area contributed by atoms with Gasteiger partial charge in [-0.15, -0.1) is 0 Å². The maximum atomic E-state index is 12.1. The van der Waals surface area contributed by atoms with Crippen LogP contribution in [0, 0.1) is 13.8 Å². The van der Waals surface area contributed by atoms with E-state index in [-0.39, 0.29) is 18.7 Å². The molecule has 2 N–H and O–H groups in total. The number of aryl methyl sites for hydroxylation is 2. The zero-order chi connectivity index (χ0) is 16.1. The maximum absolute atomic E-state index is 12.1. The number of amides is 1. The van der Waals surface area contributed by atoms with E-state index >= 15 is 0 Å². The SMILES string of the molecule is Cc1noc(C)c1CC(=O)N[C@@H](Cc1ccccc1)C(=O)O. The van der Waals surface area contributed by atoms with Gasteiger partial charge in [0.25, 0.3) is 0 Å². The van der Waals surface area contributed by atoms with Crippen LogP contribution in [-0.4, -0.2) is 28.2 Å². The van der Waals surface area contributed by atoms with E-state index in [2.05, 4.69) is 10.5 Å². The molecule has 0 fully saturated rings. The molecule has 1 aromatic carbocycles. The van der Waals surface area contributed by atoms with E-state index in [1.54, 1.807) is 13.8 Å². The average Bonchev–Trinajstić information content (AvgIpc) is 2.79. The van der Waals surface area contributed by atoms with Crippen molar-refractivity contribution in [1.82, 2.24) is 10.5 Å². The van der Waals surface area contributed by atoms with Gasteiger partial charge in [-0.1, -0.05) is 35.5 Å². The van der Waals surface area contributed by atoms with Crippen molar-refractivity contribution in [2.24, 2.45) is 0 Å². The summed E-state index contributed by atoms with van der Waals surface area (Å²) in [6.45, 7) is 3.47. The summed E-state index contributed by atoms with van der Waals surface area (Å²) in [7, 11) is 0. The van der Waals surface area contributed by atoms with Crippen LogP contribution in [0.1, 0.15) is 22.6 Å². The lowest BCUT2D eigenvalue weighted by molar-refractivity contribution is -0.141. The van der Waals surface area contributed by atoms with Crippen molar-refractivity contribution in [1.29, 1.82) is 0 Å². The highest BCUT2D eigenvalue weighted by Crippen LogP contribution is 2.13. The van der Waals surface area contributed by atoms with Gasteiger partial charge in [0.05, 0.1) is 12.1 Å². The van der Waals surface area contributed by atoms with E-state index in [0.717, 1.165) is 5.56 Å². The molecular weight excluding hydrogens is 284 g/mol. The van der Waals surface area contributed by atoms with Crippen LogP contribution in [0.2, 0.25) is 0 Å². The fraction of sp³-hybridized carbons (Fsp3) is 0.312. The molecule has 1 heterocycles. The molecule has 0 radical (unpaired) electrons. The number of carbonyl (C=O) groups excluding carboxylic acids is 1. The minimum atomic E-state index is -1.06. The number of carboxylic acids is 1. The first-order valence-electron chi connectivity index (χ1n) is 6.95. The lowest BCUT2D eigenvalue weighted by Crippen LogP contribution is -2.43. The van der Waals surface area contributed by atoms with Crippen molar-refractivity contribution in [3.8, 4) is 0 Å². The number of nitrogens with one attached hydrogen (secondary N) is 1. The minimum Gasteiger partial charge on any atom is -0.480 e. The van der Waals surface area contributed by atoms with Crippen LogP contribution in [0.4, 0.5) is 0 Å². The summed E-state index contributed by atoms with van der Waals surface area (Å²) < 4.78 is 5.00. The Morgan fingerprint density at radius 1 is 1.27 bits per heavy atom. The van der Waals surface area contributed by atoms with Crippen molar-refractivity contribution in [3.63, 3.8) is 0 Å². The molecule has 0 unspecified atom stereocenters. The first-order valence-corrected chi connectivity index (χ1v) is 6.95. The Labute approximate surface area is 128 Å². The molecule has 6 heteroatoms. The van der Waals surface area contributed by atoms with E-state index in [9.17, 15) is 14.7 Å². The molecule has 1 amide bonds. The molecule has 0 aliphatic heterocycles. The molecule has 0 saturated heterocycles. The predicted molar refractivity (Wildman–Crippen MR) is 79.4 cm³/mol. The smallest absolute Gasteiger partial charge is 0.326 e. The Morgan fingerprint density at radius 3 is 2.50 bits per heavy atom. The highest BCUT2D eigenvalue weighted by molar-refractivity contribution is 5.85. The third-order valence-corrected chi connectivity index (χ3v) is 3.43. The van der Waals surface area contributed by atoms with Crippen LogP contribution in [0.15, 0.2) is 34.9 Å². The summed E-state index contributed by atoms with van der Waals surface area (Å²) in [5.41, 5.74) is 2.19. The molecule has 6 nitrogen and oxygen atoms in total. The van der Waals surface area contributed by atoms with Crippen molar-refractivity contribution in [2.45, 2.75) is 32.7 Å². The Kier molecular flexibility index (Phi) is 4.93. The predicted octanol–water partition coefficient (Wildman–Crippen LogP) is 1.65. The molecule has 0 saturated carbocycles. The fourth-order valence-corrected chi connectivity index (χ4v) is 2.21. The number of rotatable bonds is 6. The van der Waals surface area contributed by atoms with Gasteiger partial charge in [0.15, 0.2) is 0 Å². The van der Waals surface area contributed by atoms with Gasteiger partial charge in [-0.25, -0.2) is 4.79 Å². The van der Waals surface area contributed by atoms with E-state index in [4.69, 9.17) is 4.52 Å². The van der Waals surface area contributed by atoms with Gasteiger partial charge in [0.2, 0.25) is 5.91 Å². The van der Waals surface area contributed by atoms with Gasteiger partial charge in [0, 0.05) is 12.0 Å². The molecule has 22 heavy (non-hydrogen) atoms. The van der Waals surface area contributed by atoms with Crippen molar-refractivity contribution < 1.29 is 19.2 Å². The zero-order valence-electron chi connectivity index (χ0n) is 12.5. The monoisotopic (exact) mass is 302 g/mol. The van der Waals surface area contributed by atoms with Crippen LogP contribution in [-0.2, 0) is 22.4 Å². The summed E-state index contributed by atoms with van der Waals surface area (Å²) in [5.74, 6) is -0.851. The Morgan fingerprint density at radius 2 is 1.95 bits per heavy atom. The number of hydrogen-bond donors (Lipinski definition) is 2. The second-order valence-electron chi connectivity index (χ2n) is 5.13. The summed E-state index contributed by atoms with van der Waals surface area (Å²) in [4.78, 5) is 23.4. The number of aromatic nitrogens is 1. The van der Waals surface area contributed by atoms with E-state index < -0.39 is 12.0 Å². The highest BCUT2D eigenvalue weighted by Gasteiger charge is 2.22. The lowest BCUT2D eigenvalue weighted by atomic mass is 10.1. The van der Waals surface area contributed by atoms with Gasteiger partial charge in [0.1, 0.15) is 11.8 Å². The number of hydrogen-bond acceptors (Lipinski definition) is 4. The van der Waals surface area contributed by atoms with Crippen LogP contribution in [0.5, 0.6) is 0 Å². The quantitative estimate of drug-likeness (QED) is 0.846. The molecule has 1 aromatic heterocycles. The van der Waals surface area contributed by atoms with Gasteiger partial charge in [-0.2, -0.15) is 0 Å². The van der Waals surface area contributed by atoms with E-state index in [1.165, 1.54) is 0 Å². The Bertz CT molecular complexity index is 645. The largest absolute Gasteiger partial charge is 0.480 e. The third-order valence-electron chi connectivity index (χ3n) is 3.43. The summed E-state index contributed by atoms with van der Waals surface area (Å²) in [5, 5.41) is 15.6. The van der Waals surface area contributed by atoms with E-state index in [0.29, 0.717) is 17.0 Å². The van der Waals surface area contributed by atoms with Crippen molar-refractivity contribution >= 4 is 11.9 Å². The average molecular weight is 302 g/mol. The Hall–Kier alpha value is -2.63. The van der Waals surface area contributed by atoms with Crippen LogP contribution in [0.25, 0.3) is 0 Å². The molecule has 2 rings (SSSR count). The van der Waals surface area contributed by atoms with E-state index in [1.807, 2.05) is 30.3 Å². The van der Waals surface area contributed by atoms with Gasteiger partial charge < -0.3 is 14.9 Å². The summed E-state index contributed by atoms with van der Waals surface area (Å²) in [6.07, 6.45) is 0.295. The number of nitrogens with zero attached hydrogens (tertiary/aromatic N) is 1. The first-order chi connectivity index (χ1) is 10.5. The van der Waals surface area contributed by atoms with Crippen molar-refractivity contribution in [3.05, 3.63) is 52.9 Å². The van der Waals surface area contributed by atoms with Gasteiger partial charge in [-0.3, -0.25) is 4.79 Å². The lowest BCUT2D eigenvalue weighted by Gasteiger charge is -2.14. The second-order valence-corrected chi connectivity index (χ2v) is 5.13. The molecule has 0 spiro atoms. The van der Waals surface area contributed by atoms with Gasteiger partial charge in [-0.05, 0) is 19.4 Å². The molecule has 0 bridgehead atoms. The number of benzene rings is 1. The Balaban J connectivity index is 2.02. The highest BCUT2D eigenvalue weighted by atomic mass is 16.5. The topological polar surface area (TPSA) is 92.4 Å². The van der Waals surface area contributed by atoms with Gasteiger partial charge >= 0.3 is 5.97 Å².